The van der Waals surface area contributed by atoms with Crippen molar-refractivity contribution in [3.63, 3.8) is 0 Å². The lowest BCUT2D eigenvalue weighted by atomic mass is 10.1. The van der Waals surface area contributed by atoms with Gasteiger partial charge in [0.2, 0.25) is 0 Å². The predicted octanol–water partition coefficient (Wildman–Crippen LogP) is 2.85. The molecule has 5 atom stereocenters. The Morgan fingerprint density at radius 3 is 2.62 bits per heavy atom. The van der Waals surface area contributed by atoms with Crippen molar-refractivity contribution in [3.8, 4) is 5.75 Å². The van der Waals surface area contributed by atoms with Crippen LogP contribution in [0, 0.1) is 0 Å². The molecular formula is C21H28ClN4O7P. The summed E-state index contributed by atoms with van der Waals surface area (Å²) in [5, 5.41) is 2.61. The van der Waals surface area contributed by atoms with Crippen molar-refractivity contribution in [1.29, 1.82) is 0 Å². The fourth-order valence-corrected chi connectivity index (χ4v) is 5.33. The standard InChI is InChI=1S/C21H28ClN4O7P/c1-13(2)31-18(27)14(3)25-34(29,32-15-8-6-5-7-9-15)33-16-12-30-19(21(16,4)22)26-11-10-17(23)24-20(26)28/h5-11,13-14,16,19H,12H2,1-4H3,(H,25,29)(H2,23,24,28)/t14-,16-,19-,21-,34?/m1/s1. The Hall–Kier alpha value is -2.43. The number of rotatable bonds is 9. The highest BCUT2D eigenvalue weighted by atomic mass is 35.5. The SMILES string of the molecule is CC(C)OC(=O)[C@@H](C)NP(=O)(Oc1ccccc1)O[C@@H]1CO[C@@H](n2ccc(N)nc2=O)[C@]1(C)Cl. The zero-order valence-corrected chi connectivity index (χ0v) is 20.9. The highest BCUT2D eigenvalue weighted by Crippen LogP contribution is 2.52. The van der Waals surface area contributed by atoms with E-state index in [1.165, 1.54) is 23.8 Å². The van der Waals surface area contributed by atoms with Crippen molar-refractivity contribution in [3.05, 3.63) is 53.1 Å². The molecule has 1 saturated heterocycles. The molecule has 186 valence electrons. The van der Waals surface area contributed by atoms with Gasteiger partial charge in [-0.15, -0.1) is 11.6 Å². The normalized spacial score (nSPS) is 25.0. The molecule has 1 unspecified atom stereocenters. The second kappa shape index (κ2) is 10.5. The molecule has 0 spiro atoms. The minimum Gasteiger partial charge on any atom is -0.462 e. The van der Waals surface area contributed by atoms with Crippen LogP contribution in [-0.2, 0) is 23.4 Å². The first-order chi connectivity index (χ1) is 15.9. The molecule has 1 aromatic heterocycles. The molecule has 1 aliphatic rings. The van der Waals surface area contributed by atoms with E-state index in [1.807, 2.05) is 0 Å². The zero-order valence-electron chi connectivity index (χ0n) is 19.2. The van der Waals surface area contributed by atoms with Crippen LogP contribution in [0.2, 0.25) is 0 Å². The van der Waals surface area contributed by atoms with E-state index in [0.29, 0.717) is 0 Å². The summed E-state index contributed by atoms with van der Waals surface area (Å²) >= 11 is 6.76. The number of anilines is 1. The van der Waals surface area contributed by atoms with E-state index in [0.717, 1.165) is 0 Å². The number of nitrogens with zero attached hydrogens (tertiary/aromatic N) is 2. The van der Waals surface area contributed by atoms with Crippen LogP contribution >= 0.6 is 19.3 Å². The van der Waals surface area contributed by atoms with Gasteiger partial charge in [-0.2, -0.15) is 10.1 Å². The van der Waals surface area contributed by atoms with E-state index in [4.69, 9.17) is 35.9 Å². The number of carbonyl (C=O) groups excluding carboxylic acids is 1. The number of aromatic nitrogens is 2. The van der Waals surface area contributed by atoms with Crippen LogP contribution in [0.1, 0.15) is 33.9 Å². The van der Waals surface area contributed by atoms with Gasteiger partial charge >= 0.3 is 19.4 Å². The molecule has 1 fully saturated rings. The zero-order chi connectivity index (χ0) is 25.1. The second-order valence-electron chi connectivity index (χ2n) is 8.21. The van der Waals surface area contributed by atoms with E-state index < -0.39 is 42.7 Å². The van der Waals surface area contributed by atoms with Gasteiger partial charge in [0.05, 0.1) is 12.7 Å². The lowest BCUT2D eigenvalue weighted by Gasteiger charge is -2.31. The van der Waals surface area contributed by atoms with Gasteiger partial charge in [0.25, 0.3) is 0 Å². The lowest BCUT2D eigenvalue weighted by molar-refractivity contribution is -0.149. The molecule has 13 heteroatoms. The highest BCUT2D eigenvalue weighted by molar-refractivity contribution is 7.52. The van der Waals surface area contributed by atoms with Crippen molar-refractivity contribution < 1.29 is 27.9 Å². The average molecular weight is 515 g/mol. The largest absolute Gasteiger partial charge is 0.462 e. The summed E-state index contributed by atoms with van der Waals surface area (Å²) in [5.41, 5.74) is 4.89. The maximum atomic E-state index is 13.8. The molecule has 0 amide bonds. The molecule has 2 aromatic rings. The van der Waals surface area contributed by atoms with E-state index >= 15 is 0 Å². The molecule has 1 aliphatic heterocycles. The minimum absolute atomic E-state index is 0.0514. The molecule has 0 aliphatic carbocycles. The first-order valence-corrected chi connectivity index (χ1v) is 12.5. The number of nitrogens with two attached hydrogens (primary N) is 1. The molecule has 34 heavy (non-hydrogen) atoms. The number of halogens is 1. The van der Waals surface area contributed by atoms with Gasteiger partial charge in [0.1, 0.15) is 28.6 Å². The van der Waals surface area contributed by atoms with Crippen molar-refractivity contribution in [2.45, 2.75) is 57.0 Å². The summed E-state index contributed by atoms with van der Waals surface area (Å²) in [6.07, 6.45) is -0.956. The average Bonchev–Trinajstić information content (AvgIpc) is 3.01. The van der Waals surface area contributed by atoms with Crippen LogP contribution in [0.5, 0.6) is 5.75 Å². The quantitative estimate of drug-likeness (QED) is 0.291. The molecule has 0 radical (unpaired) electrons. The van der Waals surface area contributed by atoms with E-state index in [1.54, 1.807) is 51.1 Å². The minimum atomic E-state index is -4.20. The van der Waals surface area contributed by atoms with E-state index in [2.05, 4.69) is 10.1 Å². The van der Waals surface area contributed by atoms with Crippen LogP contribution in [0.3, 0.4) is 0 Å². The van der Waals surface area contributed by atoms with E-state index in [9.17, 15) is 14.2 Å². The first kappa shape index (κ1) is 26.2. The summed E-state index contributed by atoms with van der Waals surface area (Å²) in [7, 11) is -4.20. The van der Waals surface area contributed by atoms with Crippen LogP contribution < -0.4 is 21.0 Å². The predicted molar refractivity (Wildman–Crippen MR) is 126 cm³/mol. The number of esters is 1. The number of ether oxygens (including phenoxy) is 2. The van der Waals surface area contributed by atoms with Gasteiger partial charge in [0.15, 0.2) is 6.23 Å². The third-order valence-electron chi connectivity index (χ3n) is 4.91. The van der Waals surface area contributed by atoms with Crippen LogP contribution in [0.15, 0.2) is 47.4 Å². The molecule has 1 aromatic carbocycles. The Bertz CT molecular complexity index is 1110. The van der Waals surface area contributed by atoms with Crippen LogP contribution in [0.25, 0.3) is 0 Å². The molecular weight excluding hydrogens is 487 g/mol. The number of carbonyl (C=O) groups is 1. The van der Waals surface area contributed by atoms with E-state index in [-0.39, 0.29) is 24.3 Å². The van der Waals surface area contributed by atoms with Crippen molar-refractivity contribution >= 4 is 31.1 Å². The third-order valence-corrected chi connectivity index (χ3v) is 7.03. The van der Waals surface area contributed by atoms with Crippen molar-refractivity contribution in [2.75, 3.05) is 12.3 Å². The van der Waals surface area contributed by atoms with Gasteiger partial charge in [0, 0.05) is 6.20 Å². The number of hydrogen-bond acceptors (Lipinski definition) is 9. The fraction of sp³-hybridized carbons (Fsp3) is 0.476. The van der Waals surface area contributed by atoms with Gasteiger partial charge in [-0.05, 0) is 45.9 Å². The Morgan fingerprint density at radius 1 is 1.32 bits per heavy atom. The van der Waals surface area contributed by atoms with Gasteiger partial charge in [-0.25, -0.2) is 9.36 Å². The summed E-state index contributed by atoms with van der Waals surface area (Å²) in [4.78, 5) is 27.0. The molecule has 2 heterocycles. The van der Waals surface area contributed by atoms with Crippen molar-refractivity contribution in [2.24, 2.45) is 0 Å². The number of para-hydroxylation sites is 1. The third kappa shape index (κ3) is 6.17. The van der Waals surface area contributed by atoms with Crippen LogP contribution in [-0.4, -0.2) is 45.3 Å². The topological polar surface area (TPSA) is 144 Å². The molecule has 0 bridgehead atoms. The van der Waals surface area contributed by atoms with Crippen LogP contribution in [0.4, 0.5) is 5.82 Å². The fourth-order valence-electron chi connectivity index (χ4n) is 3.24. The first-order valence-electron chi connectivity index (χ1n) is 10.6. The summed E-state index contributed by atoms with van der Waals surface area (Å²) < 4.78 is 37.4. The number of benzene rings is 1. The highest BCUT2D eigenvalue weighted by Gasteiger charge is 2.52. The van der Waals surface area contributed by atoms with Crippen molar-refractivity contribution in [1.82, 2.24) is 14.6 Å². The second-order valence-corrected chi connectivity index (χ2v) is 10.7. The number of alkyl halides is 1. The van der Waals surface area contributed by atoms with Gasteiger partial charge in [-0.3, -0.25) is 13.9 Å². The van der Waals surface area contributed by atoms with Gasteiger partial charge < -0.3 is 19.7 Å². The monoisotopic (exact) mass is 514 g/mol. The Labute approximate surface area is 202 Å². The molecule has 11 nitrogen and oxygen atoms in total. The van der Waals surface area contributed by atoms with Gasteiger partial charge in [-0.1, -0.05) is 18.2 Å². The molecule has 0 saturated carbocycles. The maximum absolute atomic E-state index is 13.8. The lowest BCUT2D eigenvalue weighted by Crippen LogP contribution is -2.43. The molecule has 3 N–H and O–H groups in total. The number of nitrogens with one attached hydrogen (secondary N) is 1. The Kier molecular flexibility index (Phi) is 8.05. The Balaban J connectivity index is 1.85. The summed E-state index contributed by atoms with van der Waals surface area (Å²) in [6, 6.07) is 8.72. The maximum Gasteiger partial charge on any atom is 0.459 e. The number of nitrogen functional groups attached to an aromatic ring is 1. The smallest absolute Gasteiger partial charge is 0.459 e. The Morgan fingerprint density at radius 2 is 2.00 bits per heavy atom. The summed E-state index contributed by atoms with van der Waals surface area (Å²) in [6.45, 7) is 6.33. The molecule has 3 rings (SSSR count). The number of hydrogen-bond donors (Lipinski definition) is 2. The summed E-state index contributed by atoms with van der Waals surface area (Å²) in [5.74, 6) is -0.340.